The number of fused-ring (bicyclic) bond motifs is 5. The lowest BCUT2D eigenvalue weighted by Gasteiger charge is -2.37. The minimum absolute atomic E-state index is 0.00159. The molecule has 0 saturated carbocycles. The number of nitriles is 5. The van der Waals surface area contributed by atoms with Gasteiger partial charge in [-0.2, -0.15) is 26.3 Å². The summed E-state index contributed by atoms with van der Waals surface area (Å²) in [5.41, 5.74) is 5.27. The van der Waals surface area contributed by atoms with E-state index in [0.717, 1.165) is 100 Å². The third-order valence-corrected chi connectivity index (χ3v) is 22.1. The fourth-order valence-electron chi connectivity index (χ4n) is 16.1. The van der Waals surface area contributed by atoms with E-state index in [1.807, 2.05) is 141 Å². The van der Waals surface area contributed by atoms with Crippen molar-refractivity contribution in [3.05, 3.63) is 150 Å². The van der Waals surface area contributed by atoms with Gasteiger partial charge in [-0.25, -0.2) is 49.3 Å². The minimum atomic E-state index is -0.527. The number of carbonyl (C=O) groups excluding carboxylic acids is 3. The molecule has 0 radical (unpaired) electrons. The van der Waals surface area contributed by atoms with Crippen LogP contribution in [0.15, 0.2) is 133 Å². The average Bonchev–Trinajstić information content (AvgIpc) is 1.66. The van der Waals surface area contributed by atoms with Crippen molar-refractivity contribution >= 4 is 57.5 Å². The number of carbonyl (C=O) groups is 3. The van der Waals surface area contributed by atoms with Crippen LogP contribution in [0.5, 0.6) is 0 Å². The fourth-order valence-corrected chi connectivity index (χ4v) is 16.3. The van der Waals surface area contributed by atoms with Crippen molar-refractivity contribution < 1.29 is 52.3 Å². The van der Waals surface area contributed by atoms with E-state index in [-0.39, 0.29) is 73.0 Å². The summed E-state index contributed by atoms with van der Waals surface area (Å²) in [4.78, 5) is 84.6. The van der Waals surface area contributed by atoms with E-state index in [4.69, 9.17) is 64.2 Å². The van der Waals surface area contributed by atoms with E-state index in [2.05, 4.69) is 101 Å². The smallest absolute Gasteiger partial charge is 0.410 e. The van der Waals surface area contributed by atoms with Gasteiger partial charge in [0.1, 0.15) is 75.4 Å². The molecule has 622 valence electrons. The number of nitrogens with zero attached hydrogens (tertiary/aromatic N) is 21. The first-order valence-corrected chi connectivity index (χ1v) is 41.0. The molecule has 10 saturated heterocycles. The predicted octanol–water partition coefficient (Wildman–Crippen LogP) is 10.3. The second kappa shape index (κ2) is 38.0. The van der Waals surface area contributed by atoms with Gasteiger partial charge in [-0.1, -0.05) is 0 Å². The molecular weight excluding hydrogens is 1580 g/mol. The second-order valence-electron chi connectivity index (χ2n) is 33.3. The van der Waals surface area contributed by atoms with Gasteiger partial charge in [0.05, 0.1) is 127 Å². The van der Waals surface area contributed by atoms with Gasteiger partial charge in [0, 0.05) is 123 Å². The molecule has 0 spiro atoms. The number of rotatable bonds is 7. The number of halogens is 1. The van der Waals surface area contributed by atoms with Crippen LogP contribution in [0.1, 0.15) is 92.2 Å². The lowest BCUT2D eigenvalue weighted by atomic mass is 9.98. The van der Waals surface area contributed by atoms with Gasteiger partial charge in [0.25, 0.3) is 0 Å². The number of pyridine rings is 7. The third-order valence-electron chi connectivity index (χ3n) is 21.6. The second-order valence-corrected chi connectivity index (χ2v) is 34.2. The molecule has 10 atom stereocenters. The van der Waals surface area contributed by atoms with Gasteiger partial charge >= 0.3 is 18.3 Å². The average molecular weight is 1680 g/mol. The maximum atomic E-state index is 12.5. The summed E-state index contributed by atoms with van der Waals surface area (Å²) in [7, 11) is 0. The molecular formula is C86H100BrN21O11. The summed E-state index contributed by atoms with van der Waals surface area (Å²) < 4.78 is 46.4. The molecule has 0 aliphatic carbocycles. The molecule has 17 rings (SSSR count). The van der Waals surface area contributed by atoms with Crippen LogP contribution in [0.25, 0.3) is 33.4 Å². The molecule has 119 heavy (non-hydrogen) atoms. The van der Waals surface area contributed by atoms with Crippen LogP contribution in [-0.4, -0.2) is 274 Å². The molecule has 10 fully saturated rings. The number of hydrogen-bond donors (Lipinski definition) is 0. The highest BCUT2D eigenvalue weighted by Gasteiger charge is 2.47. The lowest BCUT2D eigenvalue weighted by Crippen LogP contribution is -2.51. The van der Waals surface area contributed by atoms with Crippen molar-refractivity contribution in [1.82, 2.24) is 59.4 Å². The molecule has 10 aliphatic heterocycles. The summed E-state index contributed by atoms with van der Waals surface area (Å²) in [6, 6.07) is 33.4. The van der Waals surface area contributed by atoms with Gasteiger partial charge in [-0.05, 0) is 193 Å². The monoisotopic (exact) mass is 1680 g/mol. The Morgan fingerprint density at radius 3 is 1.01 bits per heavy atom. The minimum Gasteiger partial charge on any atom is -0.444 e. The lowest BCUT2D eigenvalue weighted by molar-refractivity contribution is -0.00346. The van der Waals surface area contributed by atoms with Crippen LogP contribution in [0.2, 0.25) is 0 Å². The summed E-state index contributed by atoms with van der Waals surface area (Å²) in [6.45, 7) is 29.6. The highest BCUT2D eigenvalue weighted by molar-refractivity contribution is 9.10. The number of anilines is 4. The van der Waals surface area contributed by atoms with Gasteiger partial charge in [0.15, 0.2) is 12.4 Å². The van der Waals surface area contributed by atoms with Crippen molar-refractivity contribution in [2.75, 3.05) is 144 Å². The first kappa shape index (κ1) is 85.3. The number of morpholine rings is 4. The topological polar surface area (TPSA) is 363 Å². The highest BCUT2D eigenvalue weighted by Crippen LogP contribution is 2.36. The molecule has 32 nitrogen and oxygen atoms in total. The molecule has 0 aromatic carbocycles. The van der Waals surface area contributed by atoms with E-state index in [9.17, 15) is 14.4 Å². The molecule has 3 amide bonds. The molecule has 0 bridgehead atoms. The zero-order chi connectivity index (χ0) is 84.1. The Morgan fingerprint density at radius 2 is 0.697 bits per heavy atom. The molecule has 33 heteroatoms. The fraction of sp³-hybridized carbons (Fsp3) is 0.500. The van der Waals surface area contributed by atoms with E-state index in [1.165, 1.54) is 6.42 Å². The van der Waals surface area contributed by atoms with Crippen LogP contribution in [0, 0.1) is 62.8 Å². The summed E-state index contributed by atoms with van der Waals surface area (Å²) in [5.74, 6) is 4.05. The Bertz CT molecular complexity index is 4730. The Kier molecular flexibility index (Phi) is 27.2. The molecule has 0 N–H and O–H groups in total. The van der Waals surface area contributed by atoms with E-state index < -0.39 is 16.8 Å². The van der Waals surface area contributed by atoms with Crippen LogP contribution in [0.3, 0.4) is 0 Å². The van der Waals surface area contributed by atoms with E-state index in [0.29, 0.717) is 115 Å². The van der Waals surface area contributed by atoms with Crippen molar-refractivity contribution in [3.8, 4) is 64.0 Å². The Balaban J connectivity index is 0.000000130. The molecule has 7 aromatic heterocycles. The van der Waals surface area contributed by atoms with Crippen LogP contribution < -0.4 is 19.6 Å². The summed E-state index contributed by atoms with van der Waals surface area (Å²) in [6.07, 6.45) is 18.3. The van der Waals surface area contributed by atoms with Crippen molar-refractivity contribution in [2.24, 2.45) is 5.92 Å². The van der Waals surface area contributed by atoms with Crippen LogP contribution in [0.4, 0.5) is 37.7 Å². The summed E-state index contributed by atoms with van der Waals surface area (Å²) in [5, 5.41) is 45.3. The van der Waals surface area contributed by atoms with Crippen LogP contribution in [-0.2, 0) is 37.9 Å². The summed E-state index contributed by atoms with van der Waals surface area (Å²) >= 11 is 3.41. The van der Waals surface area contributed by atoms with Crippen molar-refractivity contribution in [1.29, 1.82) is 26.3 Å². The van der Waals surface area contributed by atoms with Gasteiger partial charge < -0.3 is 82.0 Å². The van der Waals surface area contributed by atoms with Gasteiger partial charge in [-0.15, -0.1) is 0 Å². The largest absolute Gasteiger partial charge is 0.444 e. The number of amides is 3. The molecule has 10 aliphatic rings. The number of likely N-dealkylation sites (tertiary alicyclic amines) is 5. The van der Waals surface area contributed by atoms with Crippen molar-refractivity contribution in [2.45, 2.75) is 147 Å². The quantitative estimate of drug-likeness (QED) is 0.106. The highest BCUT2D eigenvalue weighted by atomic mass is 79.9. The number of aromatic nitrogens is 7. The predicted molar refractivity (Wildman–Crippen MR) is 442 cm³/mol. The standard InChI is InChI=1S/C22H25N5O3.2C18H16N6O.C16H22BrN3O3.C12H21NO3/c1-22(2,3)30-21(28)26-13-18-19(14-26)29-9-8-27(18)20-5-4-16(12-25-20)15-6-7-24-17(10-15)11-23;2*19-8-15-7-13(3-4-21-15)14-1-2-18(22-9-14)24-5-6-25-17-11-23(12-20)10-16(17)24;1-16(2,3)23-15(21)19-9-12-13(10-19)22-7-6-20(12)14-5-4-11(17)8-18-14;1-12(2,3)16-11(14)13-7-9-5-4-6-15-10(9)8-13/h4-7,10,12,18-19H,8-9,13-14H2,1-3H3;2*1-4,7,9,16-17H,5-6,10-11H2;4-5,8,12-13H,6-7,9-10H2,1-3H3;9-10H,4-8H2,1-3H3/t18-,19+;2*16-,17+;12-,13+;9-,10+/m01000/s1. The van der Waals surface area contributed by atoms with E-state index >= 15 is 0 Å². The van der Waals surface area contributed by atoms with Gasteiger partial charge in [-0.3, -0.25) is 0 Å². The van der Waals surface area contributed by atoms with Crippen LogP contribution >= 0.6 is 15.9 Å². The Hall–Kier alpha value is -11.6. The maximum absolute atomic E-state index is 12.5. The Labute approximate surface area is 702 Å². The van der Waals surface area contributed by atoms with E-state index in [1.54, 1.807) is 73.7 Å². The Morgan fingerprint density at radius 1 is 0.378 bits per heavy atom. The molecule has 17 heterocycles. The maximum Gasteiger partial charge on any atom is 0.410 e. The number of ether oxygens (including phenoxy) is 8. The SMILES string of the molecule is CC(C)(C)OC(=O)N1C[C@@H]2CCCO[C@@H]2C1.CC(C)(C)OC(=O)N1C[C@H]2OCCN(c3ccc(-c4ccnc(C#N)c4)cn3)[C@H]2C1.CC(C)(C)OC(=O)N1C[C@H]2OCCN(c3ccc(Br)cn3)[C@H]2C1.N#Cc1cc(-c2ccc(N3CCO[C@@H]4CN(C#N)C[C@@H]43)nc2)ccn1.N#Cc1cc(-c2ccc(N3CCO[C@H]4CN(C#N)C[C@H]43)nc2)ccn1. The zero-order valence-corrected chi connectivity index (χ0v) is 70.1. The first-order chi connectivity index (χ1) is 57.2. The first-order valence-electron chi connectivity index (χ1n) is 40.2. The third kappa shape index (κ3) is 21.8. The van der Waals surface area contributed by atoms with Crippen molar-refractivity contribution in [3.63, 3.8) is 0 Å². The molecule has 0 unspecified atom stereocenters. The molecule has 7 aromatic rings. The number of hydrogen-bond acceptors (Lipinski definition) is 29. The van der Waals surface area contributed by atoms with Gasteiger partial charge in [0.2, 0.25) is 0 Å². The normalized spacial score (nSPS) is 23.4. The zero-order valence-electron chi connectivity index (χ0n) is 68.5.